The van der Waals surface area contributed by atoms with Crippen LogP contribution in [0.15, 0.2) is 59.3 Å². The summed E-state index contributed by atoms with van der Waals surface area (Å²) in [5.41, 5.74) is 1.00. The van der Waals surface area contributed by atoms with Crippen LogP contribution in [0.2, 0.25) is 0 Å². The fourth-order valence-corrected chi connectivity index (χ4v) is 3.94. The van der Waals surface area contributed by atoms with E-state index in [1.54, 1.807) is 24.3 Å². The number of nitrogens with zero attached hydrogens (tertiary/aromatic N) is 1. The maximum Gasteiger partial charge on any atom is 0.337 e. The van der Waals surface area contributed by atoms with Gasteiger partial charge in [0.1, 0.15) is 10.7 Å². The third-order valence-electron chi connectivity index (χ3n) is 5.46. The molecule has 9 nitrogen and oxygen atoms in total. The lowest BCUT2D eigenvalue weighted by molar-refractivity contribution is -0.120. The first-order chi connectivity index (χ1) is 16.4. The number of nitrogens with one attached hydrogen (secondary N) is 2. The third kappa shape index (κ3) is 4.80. The van der Waals surface area contributed by atoms with E-state index in [9.17, 15) is 19.2 Å². The van der Waals surface area contributed by atoms with Crippen LogP contribution in [0.3, 0.4) is 0 Å². The monoisotopic (exact) mass is 483 g/mol. The molecule has 2 N–H and O–H groups in total. The van der Waals surface area contributed by atoms with Crippen molar-refractivity contribution in [3.8, 4) is 0 Å². The van der Waals surface area contributed by atoms with Gasteiger partial charge in [-0.15, -0.1) is 0 Å². The largest absolute Gasteiger partial charge is 0.465 e. The topological polar surface area (TPSA) is 114 Å². The highest BCUT2D eigenvalue weighted by atomic mass is 35.5. The SMILES string of the molecule is COC(=O)c1cccc(N2C(=O)C(Cl)=C(Nc3cccc(C(=O)NCC4CCCO4)c3)C2=O)c1. The van der Waals surface area contributed by atoms with Crippen LogP contribution in [0.4, 0.5) is 11.4 Å². The molecule has 4 rings (SSSR count). The van der Waals surface area contributed by atoms with Gasteiger partial charge in [0.15, 0.2) is 0 Å². The van der Waals surface area contributed by atoms with Gasteiger partial charge in [0.25, 0.3) is 17.7 Å². The molecule has 0 aromatic heterocycles. The third-order valence-corrected chi connectivity index (χ3v) is 5.81. The van der Waals surface area contributed by atoms with Crippen molar-refractivity contribution in [1.29, 1.82) is 0 Å². The second kappa shape index (κ2) is 10.1. The van der Waals surface area contributed by atoms with Gasteiger partial charge in [-0.05, 0) is 49.2 Å². The van der Waals surface area contributed by atoms with E-state index in [-0.39, 0.29) is 34.0 Å². The number of benzene rings is 2. The van der Waals surface area contributed by atoms with Crippen LogP contribution >= 0.6 is 11.6 Å². The first-order valence-electron chi connectivity index (χ1n) is 10.6. The van der Waals surface area contributed by atoms with Gasteiger partial charge in [-0.3, -0.25) is 14.4 Å². The van der Waals surface area contributed by atoms with Gasteiger partial charge in [0.2, 0.25) is 0 Å². The molecule has 1 fully saturated rings. The minimum atomic E-state index is -0.735. The maximum absolute atomic E-state index is 13.0. The molecule has 10 heteroatoms. The molecule has 2 heterocycles. The van der Waals surface area contributed by atoms with Crippen molar-refractivity contribution in [2.24, 2.45) is 0 Å². The molecule has 2 aliphatic heterocycles. The Balaban J connectivity index is 1.49. The van der Waals surface area contributed by atoms with Gasteiger partial charge in [-0.1, -0.05) is 23.7 Å². The van der Waals surface area contributed by atoms with Crippen molar-refractivity contribution in [2.45, 2.75) is 18.9 Å². The Labute approximate surface area is 200 Å². The van der Waals surface area contributed by atoms with Crippen LogP contribution < -0.4 is 15.5 Å². The van der Waals surface area contributed by atoms with Crippen molar-refractivity contribution in [3.05, 3.63) is 70.4 Å². The summed E-state index contributed by atoms with van der Waals surface area (Å²) in [5, 5.41) is 5.38. The predicted octanol–water partition coefficient (Wildman–Crippen LogP) is 2.82. The Morgan fingerprint density at radius 1 is 1.12 bits per heavy atom. The molecule has 1 unspecified atom stereocenters. The summed E-state index contributed by atoms with van der Waals surface area (Å²) >= 11 is 6.19. The smallest absolute Gasteiger partial charge is 0.337 e. The molecule has 2 aromatic carbocycles. The highest BCUT2D eigenvalue weighted by molar-refractivity contribution is 6.53. The van der Waals surface area contributed by atoms with Gasteiger partial charge in [0, 0.05) is 24.4 Å². The molecule has 0 spiro atoms. The first-order valence-corrected chi connectivity index (χ1v) is 11.0. The molecule has 34 heavy (non-hydrogen) atoms. The van der Waals surface area contributed by atoms with Crippen LogP contribution in [0.5, 0.6) is 0 Å². The zero-order chi connectivity index (χ0) is 24.2. The van der Waals surface area contributed by atoms with E-state index < -0.39 is 17.8 Å². The lowest BCUT2D eigenvalue weighted by atomic mass is 10.1. The number of anilines is 2. The van der Waals surface area contributed by atoms with Crippen LogP contribution in [0.1, 0.15) is 33.6 Å². The number of methoxy groups -OCH3 is 1. The Morgan fingerprint density at radius 2 is 1.88 bits per heavy atom. The molecular formula is C24H22ClN3O6. The maximum atomic E-state index is 13.0. The molecule has 2 aliphatic rings. The number of rotatable bonds is 7. The number of ether oxygens (including phenoxy) is 2. The Bertz CT molecular complexity index is 1190. The number of esters is 1. The molecule has 1 saturated heterocycles. The molecule has 0 saturated carbocycles. The molecule has 0 aliphatic carbocycles. The molecular weight excluding hydrogens is 462 g/mol. The van der Waals surface area contributed by atoms with Gasteiger partial charge < -0.3 is 20.1 Å². The van der Waals surface area contributed by atoms with Crippen molar-refractivity contribution in [2.75, 3.05) is 30.5 Å². The van der Waals surface area contributed by atoms with E-state index in [0.717, 1.165) is 17.7 Å². The zero-order valence-corrected chi connectivity index (χ0v) is 19.1. The highest BCUT2D eigenvalue weighted by Crippen LogP contribution is 2.30. The first kappa shape index (κ1) is 23.5. The molecule has 1 atom stereocenters. The van der Waals surface area contributed by atoms with Crippen molar-refractivity contribution >= 4 is 46.7 Å². The van der Waals surface area contributed by atoms with E-state index >= 15 is 0 Å². The number of hydrogen-bond acceptors (Lipinski definition) is 7. The van der Waals surface area contributed by atoms with Crippen LogP contribution in [0.25, 0.3) is 0 Å². The second-order valence-corrected chi connectivity index (χ2v) is 8.11. The van der Waals surface area contributed by atoms with E-state index in [0.29, 0.717) is 24.4 Å². The fraction of sp³-hybridized carbons (Fsp3) is 0.250. The number of halogens is 1. The summed E-state index contributed by atoms with van der Waals surface area (Å²) in [5.74, 6) is -2.31. The minimum absolute atomic E-state index is 0.0139. The summed E-state index contributed by atoms with van der Waals surface area (Å²) in [4.78, 5) is 51.0. The summed E-state index contributed by atoms with van der Waals surface area (Å²) in [6.07, 6.45) is 1.90. The average molecular weight is 484 g/mol. The normalized spacial score (nSPS) is 17.8. The number of carbonyl (C=O) groups is 4. The van der Waals surface area contributed by atoms with Crippen LogP contribution in [0, 0.1) is 0 Å². The standard InChI is InChI=1S/C24H22ClN3O6/c1-33-24(32)15-6-3-8-17(12-15)28-22(30)19(25)20(23(28)31)27-16-7-2-5-14(11-16)21(29)26-13-18-9-4-10-34-18/h2-3,5-8,11-12,18,27H,4,9-10,13H2,1H3,(H,26,29). The van der Waals surface area contributed by atoms with Gasteiger partial charge in [0.05, 0.1) is 24.5 Å². The predicted molar refractivity (Wildman–Crippen MR) is 125 cm³/mol. The Hall–Kier alpha value is -3.69. The van der Waals surface area contributed by atoms with Crippen LogP contribution in [-0.2, 0) is 19.1 Å². The quantitative estimate of drug-likeness (QED) is 0.459. The van der Waals surface area contributed by atoms with Gasteiger partial charge in [-0.25, -0.2) is 9.69 Å². The van der Waals surface area contributed by atoms with Crippen molar-refractivity contribution in [3.63, 3.8) is 0 Å². The lowest BCUT2D eigenvalue weighted by Crippen LogP contribution is -2.32. The number of carbonyl (C=O) groups excluding carboxylic acids is 4. The number of imide groups is 1. The highest BCUT2D eigenvalue weighted by Gasteiger charge is 2.39. The van der Waals surface area contributed by atoms with Crippen LogP contribution in [-0.4, -0.2) is 50.1 Å². The zero-order valence-electron chi connectivity index (χ0n) is 18.3. The lowest BCUT2D eigenvalue weighted by Gasteiger charge is -2.16. The molecule has 0 bridgehead atoms. The number of hydrogen-bond donors (Lipinski definition) is 2. The minimum Gasteiger partial charge on any atom is -0.465 e. The van der Waals surface area contributed by atoms with Crippen molar-refractivity contribution < 1.29 is 28.7 Å². The van der Waals surface area contributed by atoms with Gasteiger partial charge >= 0.3 is 5.97 Å². The van der Waals surface area contributed by atoms with E-state index in [4.69, 9.17) is 16.3 Å². The summed E-state index contributed by atoms with van der Waals surface area (Å²) < 4.78 is 10.2. The fourth-order valence-electron chi connectivity index (χ4n) is 3.73. The average Bonchev–Trinajstić information content (AvgIpc) is 3.45. The van der Waals surface area contributed by atoms with E-state index in [1.165, 1.54) is 31.4 Å². The Kier molecular flexibility index (Phi) is 6.95. The Morgan fingerprint density at radius 3 is 2.62 bits per heavy atom. The molecule has 176 valence electrons. The number of amides is 3. The molecule has 0 radical (unpaired) electrons. The van der Waals surface area contributed by atoms with E-state index in [2.05, 4.69) is 15.4 Å². The molecule has 2 aromatic rings. The molecule has 3 amide bonds. The van der Waals surface area contributed by atoms with Gasteiger partial charge in [-0.2, -0.15) is 0 Å². The summed E-state index contributed by atoms with van der Waals surface area (Å²) in [6.45, 7) is 1.12. The van der Waals surface area contributed by atoms with E-state index in [1.807, 2.05) is 0 Å². The summed E-state index contributed by atoms with van der Waals surface area (Å²) in [6, 6.07) is 12.4. The van der Waals surface area contributed by atoms with Crippen molar-refractivity contribution in [1.82, 2.24) is 5.32 Å². The summed E-state index contributed by atoms with van der Waals surface area (Å²) in [7, 11) is 1.23. The second-order valence-electron chi connectivity index (χ2n) is 7.73.